The molecule has 0 aliphatic heterocycles. The summed E-state index contributed by atoms with van der Waals surface area (Å²) in [5.41, 5.74) is 2.36. The Morgan fingerprint density at radius 3 is 2.62 bits per heavy atom. The highest BCUT2D eigenvalue weighted by molar-refractivity contribution is 6.31. The number of ether oxygens (including phenoxy) is 1. The zero-order chi connectivity index (χ0) is 15.4. The smallest absolute Gasteiger partial charge is 0.307 e. The second kappa shape index (κ2) is 6.63. The predicted octanol–water partition coefficient (Wildman–Crippen LogP) is 3.07. The van der Waals surface area contributed by atoms with Gasteiger partial charge in [0.05, 0.1) is 22.8 Å². The molecular weight excluding hydrogens is 292 g/mol. The second-order valence-corrected chi connectivity index (χ2v) is 5.04. The van der Waals surface area contributed by atoms with Gasteiger partial charge in [0, 0.05) is 6.54 Å². The van der Waals surface area contributed by atoms with Crippen LogP contribution in [0.4, 0.5) is 0 Å². The number of carboxylic acid groups (broad SMARTS) is 1. The average molecular weight is 309 g/mol. The van der Waals surface area contributed by atoms with Gasteiger partial charge in [0.1, 0.15) is 12.4 Å². The monoisotopic (exact) mass is 308 g/mol. The normalized spacial score (nSPS) is 10.6. The lowest BCUT2D eigenvalue weighted by Gasteiger charge is -2.09. The predicted molar refractivity (Wildman–Crippen MR) is 79.8 cm³/mol. The first-order valence-electron chi connectivity index (χ1n) is 6.66. The molecule has 1 aromatic heterocycles. The third kappa shape index (κ3) is 3.76. The van der Waals surface area contributed by atoms with E-state index in [2.05, 4.69) is 5.10 Å². The van der Waals surface area contributed by atoms with Crippen molar-refractivity contribution in [3.8, 4) is 5.75 Å². The van der Waals surface area contributed by atoms with Gasteiger partial charge in [0.25, 0.3) is 0 Å². The molecule has 5 nitrogen and oxygen atoms in total. The second-order valence-electron chi connectivity index (χ2n) is 4.66. The minimum atomic E-state index is -0.849. The molecule has 0 aliphatic rings. The number of nitrogens with zero attached hydrogens (tertiary/aromatic N) is 2. The summed E-state index contributed by atoms with van der Waals surface area (Å²) >= 11 is 6.21. The molecule has 1 aromatic carbocycles. The molecule has 2 aromatic rings. The van der Waals surface area contributed by atoms with E-state index in [-0.39, 0.29) is 6.42 Å². The molecule has 21 heavy (non-hydrogen) atoms. The quantitative estimate of drug-likeness (QED) is 0.890. The highest BCUT2D eigenvalue weighted by atomic mass is 35.5. The molecule has 6 heteroatoms. The number of aromatic nitrogens is 2. The first kappa shape index (κ1) is 15.4. The number of halogens is 1. The van der Waals surface area contributed by atoms with Gasteiger partial charge in [-0.3, -0.25) is 9.48 Å². The van der Waals surface area contributed by atoms with E-state index in [1.165, 1.54) is 0 Å². The van der Waals surface area contributed by atoms with Crippen molar-refractivity contribution >= 4 is 17.6 Å². The molecule has 0 saturated heterocycles. The topological polar surface area (TPSA) is 64.4 Å². The van der Waals surface area contributed by atoms with Gasteiger partial charge in [-0.05, 0) is 31.5 Å². The van der Waals surface area contributed by atoms with Crippen LogP contribution in [0.25, 0.3) is 0 Å². The highest BCUT2D eigenvalue weighted by Crippen LogP contribution is 2.22. The molecule has 0 saturated carbocycles. The van der Waals surface area contributed by atoms with Crippen molar-refractivity contribution in [2.75, 3.05) is 0 Å². The first-order valence-corrected chi connectivity index (χ1v) is 7.04. The van der Waals surface area contributed by atoms with Crippen molar-refractivity contribution in [2.24, 2.45) is 0 Å². The Labute approximate surface area is 128 Å². The van der Waals surface area contributed by atoms with Crippen LogP contribution in [0, 0.1) is 6.92 Å². The molecule has 0 bridgehead atoms. The Morgan fingerprint density at radius 1 is 1.38 bits per heavy atom. The fraction of sp³-hybridized carbons (Fsp3) is 0.333. The number of benzene rings is 1. The highest BCUT2D eigenvalue weighted by Gasteiger charge is 2.13. The van der Waals surface area contributed by atoms with Gasteiger partial charge in [-0.2, -0.15) is 5.10 Å². The van der Waals surface area contributed by atoms with Crippen molar-refractivity contribution in [1.82, 2.24) is 9.78 Å². The van der Waals surface area contributed by atoms with Crippen molar-refractivity contribution in [2.45, 2.75) is 33.4 Å². The SMILES string of the molecule is CCn1nc(C)c(Cl)c1COc1ccc(CC(=O)O)cc1. The summed E-state index contributed by atoms with van der Waals surface area (Å²) in [7, 11) is 0. The molecule has 1 N–H and O–H groups in total. The lowest BCUT2D eigenvalue weighted by Crippen LogP contribution is -2.06. The van der Waals surface area contributed by atoms with Crippen LogP contribution in [-0.2, 0) is 24.4 Å². The van der Waals surface area contributed by atoms with Gasteiger partial charge in [0.15, 0.2) is 0 Å². The molecule has 0 radical (unpaired) electrons. The van der Waals surface area contributed by atoms with E-state index in [4.69, 9.17) is 21.4 Å². The lowest BCUT2D eigenvalue weighted by molar-refractivity contribution is -0.136. The molecule has 0 unspecified atom stereocenters. The summed E-state index contributed by atoms with van der Waals surface area (Å²) in [5, 5.41) is 13.7. The van der Waals surface area contributed by atoms with Gasteiger partial charge in [-0.1, -0.05) is 23.7 Å². The van der Waals surface area contributed by atoms with E-state index in [1.54, 1.807) is 24.3 Å². The van der Waals surface area contributed by atoms with E-state index in [1.807, 2.05) is 18.5 Å². The Bertz CT molecular complexity index is 635. The van der Waals surface area contributed by atoms with Gasteiger partial charge >= 0.3 is 5.97 Å². The third-order valence-electron chi connectivity index (χ3n) is 3.11. The summed E-state index contributed by atoms with van der Waals surface area (Å²) in [6, 6.07) is 7.00. The number of hydrogen-bond acceptors (Lipinski definition) is 3. The maximum absolute atomic E-state index is 10.6. The Kier molecular flexibility index (Phi) is 4.85. The van der Waals surface area contributed by atoms with Crippen molar-refractivity contribution in [3.05, 3.63) is 46.2 Å². The van der Waals surface area contributed by atoms with E-state index in [0.29, 0.717) is 17.4 Å². The van der Waals surface area contributed by atoms with Crippen LogP contribution in [0.1, 0.15) is 23.9 Å². The molecule has 1 heterocycles. The molecule has 2 rings (SSSR count). The van der Waals surface area contributed by atoms with Crippen LogP contribution in [-0.4, -0.2) is 20.9 Å². The van der Waals surface area contributed by atoms with Crippen LogP contribution < -0.4 is 4.74 Å². The van der Waals surface area contributed by atoms with E-state index >= 15 is 0 Å². The van der Waals surface area contributed by atoms with Crippen molar-refractivity contribution < 1.29 is 14.6 Å². The number of carbonyl (C=O) groups is 1. The Morgan fingerprint density at radius 2 is 2.05 bits per heavy atom. The molecule has 0 atom stereocenters. The number of carboxylic acids is 1. The minimum Gasteiger partial charge on any atom is -0.487 e. The summed E-state index contributed by atoms with van der Waals surface area (Å²) in [6.07, 6.45) is 0.00785. The zero-order valence-corrected chi connectivity index (χ0v) is 12.7. The summed E-state index contributed by atoms with van der Waals surface area (Å²) in [5.74, 6) is -0.181. The molecule has 112 valence electrons. The largest absolute Gasteiger partial charge is 0.487 e. The minimum absolute atomic E-state index is 0.00785. The van der Waals surface area contributed by atoms with Gasteiger partial charge in [-0.25, -0.2) is 0 Å². The van der Waals surface area contributed by atoms with Crippen LogP contribution >= 0.6 is 11.6 Å². The molecule has 0 amide bonds. The van der Waals surface area contributed by atoms with Crippen LogP contribution in [0.2, 0.25) is 5.02 Å². The number of hydrogen-bond donors (Lipinski definition) is 1. The third-order valence-corrected chi connectivity index (χ3v) is 3.60. The van der Waals surface area contributed by atoms with Gasteiger partial charge in [0.2, 0.25) is 0 Å². The fourth-order valence-electron chi connectivity index (χ4n) is 2.04. The standard InChI is InChI=1S/C15H17ClN2O3/c1-3-18-13(15(16)10(2)17-18)9-21-12-6-4-11(5-7-12)8-14(19)20/h4-7H,3,8-9H2,1-2H3,(H,19,20). The Hall–Kier alpha value is -2.01. The first-order chi connectivity index (χ1) is 10.0. The van der Waals surface area contributed by atoms with Crippen molar-refractivity contribution in [3.63, 3.8) is 0 Å². The van der Waals surface area contributed by atoms with Crippen LogP contribution in [0.3, 0.4) is 0 Å². The van der Waals surface area contributed by atoms with Gasteiger partial charge < -0.3 is 9.84 Å². The number of aryl methyl sites for hydroxylation is 2. The Balaban J connectivity index is 2.05. The fourth-order valence-corrected chi connectivity index (χ4v) is 2.23. The van der Waals surface area contributed by atoms with Gasteiger partial charge in [-0.15, -0.1) is 0 Å². The summed E-state index contributed by atoms with van der Waals surface area (Å²) < 4.78 is 7.51. The van der Waals surface area contributed by atoms with Crippen molar-refractivity contribution in [1.29, 1.82) is 0 Å². The number of rotatable bonds is 6. The molecule has 0 aliphatic carbocycles. The maximum Gasteiger partial charge on any atom is 0.307 e. The maximum atomic E-state index is 10.6. The molecule has 0 spiro atoms. The van der Waals surface area contributed by atoms with Crippen LogP contribution in [0.15, 0.2) is 24.3 Å². The van der Waals surface area contributed by atoms with E-state index in [9.17, 15) is 4.79 Å². The van der Waals surface area contributed by atoms with Crippen LogP contribution in [0.5, 0.6) is 5.75 Å². The van der Waals surface area contributed by atoms with E-state index in [0.717, 1.165) is 23.5 Å². The average Bonchev–Trinajstić information content (AvgIpc) is 2.73. The summed E-state index contributed by atoms with van der Waals surface area (Å²) in [4.78, 5) is 10.6. The zero-order valence-electron chi connectivity index (χ0n) is 12.0. The number of aliphatic carboxylic acids is 1. The van der Waals surface area contributed by atoms with E-state index < -0.39 is 5.97 Å². The molecular formula is C15H17ClN2O3. The molecule has 0 fully saturated rings. The summed E-state index contributed by atoms with van der Waals surface area (Å²) in [6.45, 7) is 4.90. The lowest BCUT2D eigenvalue weighted by atomic mass is 10.1.